The zero-order valence-corrected chi connectivity index (χ0v) is 12.7. The van der Waals surface area contributed by atoms with Gasteiger partial charge in [0.15, 0.2) is 11.6 Å². The predicted octanol–water partition coefficient (Wildman–Crippen LogP) is 5.99. The molecule has 0 aliphatic heterocycles. The van der Waals surface area contributed by atoms with Crippen LogP contribution in [-0.2, 0) is 0 Å². The molecule has 0 heterocycles. The molecule has 21 heavy (non-hydrogen) atoms. The lowest BCUT2D eigenvalue weighted by atomic mass is 9.68. The van der Waals surface area contributed by atoms with Crippen LogP contribution in [0.25, 0.3) is 0 Å². The highest BCUT2D eigenvalue weighted by atomic mass is 19.2. The maximum Gasteiger partial charge on any atom is 0.159 e. The normalized spacial score (nSPS) is 28.9. The molecule has 0 nitrogen and oxygen atoms in total. The lowest BCUT2D eigenvalue weighted by Crippen LogP contribution is -2.22. The molecule has 0 aromatic heterocycles. The number of halogens is 2. The van der Waals surface area contributed by atoms with E-state index in [0.717, 1.165) is 30.2 Å². The Morgan fingerprint density at radius 2 is 1.90 bits per heavy atom. The molecule has 0 N–H and O–H groups in total. The second kappa shape index (κ2) is 6.29. The Morgan fingerprint density at radius 1 is 1.10 bits per heavy atom. The van der Waals surface area contributed by atoms with Crippen LogP contribution >= 0.6 is 0 Å². The SMILES string of the molecule is CCCC1CC=C2CC(c3ccc(F)c(F)c3)CCC2C1. The van der Waals surface area contributed by atoms with Gasteiger partial charge in [0.05, 0.1) is 0 Å². The van der Waals surface area contributed by atoms with Gasteiger partial charge in [0, 0.05) is 0 Å². The van der Waals surface area contributed by atoms with Crippen molar-refractivity contribution in [1.29, 1.82) is 0 Å². The van der Waals surface area contributed by atoms with Crippen molar-refractivity contribution in [3.63, 3.8) is 0 Å². The lowest BCUT2D eigenvalue weighted by molar-refractivity contribution is 0.300. The summed E-state index contributed by atoms with van der Waals surface area (Å²) >= 11 is 0. The van der Waals surface area contributed by atoms with E-state index in [2.05, 4.69) is 13.0 Å². The number of rotatable bonds is 3. The van der Waals surface area contributed by atoms with E-state index < -0.39 is 11.6 Å². The fourth-order valence-electron chi connectivity index (χ4n) is 4.17. The number of hydrogen-bond donors (Lipinski definition) is 0. The predicted molar refractivity (Wildman–Crippen MR) is 82.2 cm³/mol. The van der Waals surface area contributed by atoms with Gasteiger partial charge in [0.2, 0.25) is 0 Å². The lowest BCUT2D eigenvalue weighted by Gasteiger charge is -2.37. The Labute approximate surface area is 126 Å². The molecule has 1 saturated carbocycles. The van der Waals surface area contributed by atoms with Gasteiger partial charge in [-0.1, -0.05) is 37.5 Å². The van der Waals surface area contributed by atoms with Crippen LogP contribution in [0.5, 0.6) is 0 Å². The first-order valence-electron chi connectivity index (χ1n) is 8.31. The number of benzene rings is 1. The van der Waals surface area contributed by atoms with Gasteiger partial charge < -0.3 is 0 Å². The van der Waals surface area contributed by atoms with E-state index in [4.69, 9.17) is 0 Å². The van der Waals surface area contributed by atoms with Crippen LogP contribution in [-0.4, -0.2) is 0 Å². The molecule has 3 unspecified atom stereocenters. The maximum absolute atomic E-state index is 13.4. The van der Waals surface area contributed by atoms with Crippen molar-refractivity contribution >= 4 is 0 Å². The van der Waals surface area contributed by atoms with Gasteiger partial charge in [0.1, 0.15) is 0 Å². The number of fused-ring (bicyclic) bond motifs is 1. The van der Waals surface area contributed by atoms with E-state index in [0.29, 0.717) is 5.92 Å². The molecule has 0 amide bonds. The summed E-state index contributed by atoms with van der Waals surface area (Å²) in [6.07, 6.45) is 11.0. The Bertz CT molecular complexity index is 532. The average molecular weight is 290 g/mol. The Hall–Kier alpha value is -1.18. The van der Waals surface area contributed by atoms with E-state index in [1.54, 1.807) is 11.6 Å². The standard InChI is InChI=1S/C19H24F2/c1-2-3-13-4-5-15-11-16(7-6-14(15)10-13)17-8-9-18(20)19(21)12-17/h5,8-9,12-14,16H,2-4,6-7,10-11H2,1H3. The van der Waals surface area contributed by atoms with E-state index >= 15 is 0 Å². The monoisotopic (exact) mass is 290 g/mol. The van der Waals surface area contributed by atoms with Crippen molar-refractivity contribution in [3.8, 4) is 0 Å². The van der Waals surface area contributed by atoms with Crippen molar-refractivity contribution in [2.45, 2.75) is 57.8 Å². The summed E-state index contributed by atoms with van der Waals surface area (Å²) in [6.45, 7) is 2.26. The van der Waals surface area contributed by atoms with Crippen LogP contribution in [0, 0.1) is 23.5 Å². The molecule has 3 rings (SSSR count). The van der Waals surface area contributed by atoms with Gasteiger partial charge >= 0.3 is 0 Å². The highest BCUT2D eigenvalue weighted by Gasteiger charge is 2.30. The van der Waals surface area contributed by atoms with E-state index in [-0.39, 0.29) is 0 Å². The molecule has 1 aromatic rings. The zero-order valence-electron chi connectivity index (χ0n) is 12.7. The molecule has 0 saturated heterocycles. The molecule has 0 radical (unpaired) electrons. The molecular weight excluding hydrogens is 266 g/mol. The number of hydrogen-bond acceptors (Lipinski definition) is 0. The third-order valence-corrected chi connectivity index (χ3v) is 5.31. The Balaban J connectivity index is 1.71. The average Bonchev–Trinajstić information content (AvgIpc) is 2.50. The first-order chi connectivity index (χ1) is 10.2. The molecule has 2 aliphatic rings. The van der Waals surface area contributed by atoms with Crippen LogP contribution in [0.15, 0.2) is 29.8 Å². The van der Waals surface area contributed by atoms with Crippen LogP contribution in [0.3, 0.4) is 0 Å². The quantitative estimate of drug-likeness (QED) is 0.600. The van der Waals surface area contributed by atoms with E-state index in [1.165, 1.54) is 44.2 Å². The zero-order chi connectivity index (χ0) is 14.8. The largest absolute Gasteiger partial charge is 0.204 e. The molecule has 1 fully saturated rings. The van der Waals surface area contributed by atoms with Crippen molar-refractivity contribution in [3.05, 3.63) is 47.0 Å². The summed E-state index contributed by atoms with van der Waals surface area (Å²) in [5, 5.41) is 0. The minimum atomic E-state index is -0.744. The highest BCUT2D eigenvalue weighted by Crippen LogP contribution is 2.45. The molecule has 2 heteroatoms. The second-order valence-electron chi connectivity index (χ2n) is 6.75. The first kappa shape index (κ1) is 14.7. The van der Waals surface area contributed by atoms with Gasteiger partial charge in [-0.25, -0.2) is 8.78 Å². The fraction of sp³-hybridized carbons (Fsp3) is 0.579. The van der Waals surface area contributed by atoms with Gasteiger partial charge in [-0.3, -0.25) is 0 Å². The number of allylic oxidation sites excluding steroid dienone is 2. The van der Waals surface area contributed by atoms with Crippen molar-refractivity contribution in [1.82, 2.24) is 0 Å². The van der Waals surface area contributed by atoms with Crippen LogP contribution < -0.4 is 0 Å². The van der Waals surface area contributed by atoms with Crippen LogP contribution in [0.2, 0.25) is 0 Å². The Kier molecular flexibility index (Phi) is 4.42. The molecule has 3 atom stereocenters. The maximum atomic E-state index is 13.4. The molecule has 0 spiro atoms. The smallest absolute Gasteiger partial charge is 0.159 e. The summed E-state index contributed by atoms with van der Waals surface area (Å²) in [4.78, 5) is 0. The molecular formula is C19H24F2. The summed E-state index contributed by atoms with van der Waals surface area (Å²) in [7, 11) is 0. The molecule has 114 valence electrons. The van der Waals surface area contributed by atoms with Crippen molar-refractivity contribution in [2.75, 3.05) is 0 Å². The van der Waals surface area contributed by atoms with E-state index in [1.807, 2.05) is 0 Å². The minimum Gasteiger partial charge on any atom is -0.204 e. The third-order valence-electron chi connectivity index (χ3n) is 5.31. The van der Waals surface area contributed by atoms with Gasteiger partial charge in [-0.05, 0) is 67.6 Å². The van der Waals surface area contributed by atoms with Gasteiger partial charge in [0.25, 0.3) is 0 Å². The van der Waals surface area contributed by atoms with Crippen LogP contribution in [0.4, 0.5) is 8.78 Å². The summed E-state index contributed by atoms with van der Waals surface area (Å²) < 4.78 is 26.5. The van der Waals surface area contributed by atoms with Crippen molar-refractivity contribution in [2.24, 2.45) is 11.8 Å². The molecule has 1 aromatic carbocycles. The van der Waals surface area contributed by atoms with E-state index in [9.17, 15) is 8.78 Å². The Morgan fingerprint density at radius 3 is 2.67 bits per heavy atom. The first-order valence-corrected chi connectivity index (χ1v) is 8.31. The van der Waals surface area contributed by atoms with Gasteiger partial charge in [-0.2, -0.15) is 0 Å². The van der Waals surface area contributed by atoms with Gasteiger partial charge in [-0.15, -0.1) is 0 Å². The van der Waals surface area contributed by atoms with Crippen LogP contribution in [0.1, 0.15) is 63.4 Å². The summed E-state index contributed by atoms with van der Waals surface area (Å²) in [5.41, 5.74) is 2.53. The molecule has 2 aliphatic carbocycles. The van der Waals surface area contributed by atoms with Crippen molar-refractivity contribution < 1.29 is 8.78 Å². The fourth-order valence-corrected chi connectivity index (χ4v) is 4.17. The second-order valence-corrected chi connectivity index (χ2v) is 6.75. The minimum absolute atomic E-state index is 0.366. The third kappa shape index (κ3) is 3.20. The highest BCUT2D eigenvalue weighted by molar-refractivity contribution is 5.27. The summed E-state index contributed by atoms with van der Waals surface area (Å²) in [5.74, 6) is 0.521. The molecule has 0 bridgehead atoms. The summed E-state index contributed by atoms with van der Waals surface area (Å²) in [6, 6.07) is 4.42. The topological polar surface area (TPSA) is 0 Å².